The summed E-state index contributed by atoms with van der Waals surface area (Å²) in [4.78, 5) is 18.9. The molecule has 0 aliphatic heterocycles. The van der Waals surface area contributed by atoms with Crippen LogP contribution in [-0.2, 0) is 6.42 Å². The lowest BCUT2D eigenvalue weighted by Gasteiger charge is -2.06. The van der Waals surface area contributed by atoms with Crippen molar-refractivity contribution < 1.29 is 9.18 Å². The number of carbonyl (C=O) groups excluding carboxylic acids is 1. The summed E-state index contributed by atoms with van der Waals surface area (Å²) in [6.45, 7) is 0.507. The van der Waals surface area contributed by atoms with Crippen LogP contribution >= 0.6 is 11.6 Å². The maximum Gasteiger partial charge on any atom is 0.252 e. The van der Waals surface area contributed by atoms with Crippen LogP contribution in [-0.4, -0.2) is 22.4 Å². The quantitative estimate of drug-likeness (QED) is 0.828. The molecular formula is C13H13ClFN3O. The summed E-state index contributed by atoms with van der Waals surface area (Å²) in [7, 11) is 0. The Balaban J connectivity index is 1.81. The number of nitrogens with zero attached hydrogens (tertiary/aromatic N) is 1. The zero-order valence-electron chi connectivity index (χ0n) is 10.1. The van der Waals surface area contributed by atoms with E-state index in [4.69, 9.17) is 11.6 Å². The van der Waals surface area contributed by atoms with E-state index in [9.17, 15) is 9.18 Å². The van der Waals surface area contributed by atoms with Crippen molar-refractivity contribution >= 4 is 17.5 Å². The predicted octanol–water partition coefficient (Wildman–Crippen LogP) is 2.56. The number of hydrogen-bond acceptors (Lipinski definition) is 2. The summed E-state index contributed by atoms with van der Waals surface area (Å²) in [6, 6.07) is 3.71. The van der Waals surface area contributed by atoms with Crippen LogP contribution in [0.4, 0.5) is 4.39 Å². The second-order valence-corrected chi connectivity index (χ2v) is 4.43. The maximum atomic E-state index is 12.8. The fourth-order valence-electron chi connectivity index (χ4n) is 1.66. The number of aryl methyl sites for hydroxylation is 1. The largest absolute Gasteiger partial charge is 0.352 e. The zero-order chi connectivity index (χ0) is 13.7. The van der Waals surface area contributed by atoms with Gasteiger partial charge >= 0.3 is 0 Å². The van der Waals surface area contributed by atoms with E-state index in [2.05, 4.69) is 15.3 Å². The van der Waals surface area contributed by atoms with Gasteiger partial charge in [0.15, 0.2) is 0 Å². The van der Waals surface area contributed by atoms with Crippen molar-refractivity contribution in [3.63, 3.8) is 0 Å². The number of amides is 1. The highest BCUT2D eigenvalue weighted by Gasteiger charge is 2.10. The van der Waals surface area contributed by atoms with E-state index in [-0.39, 0.29) is 16.5 Å². The molecule has 19 heavy (non-hydrogen) atoms. The lowest BCUT2D eigenvalue weighted by atomic mass is 10.2. The van der Waals surface area contributed by atoms with Crippen molar-refractivity contribution in [1.82, 2.24) is 15.3 Å². The van der Waals surface area contributed by atoms with Gasteiger partial charge in [0, 0.05) is 25.4 Å². The minimum absolute atomic E-state index is 0.114. The molecule has 2 rings (SSSR count). The summed E-state index contributed by atoms with van der Waals surface area (Å²) in [5, 5.41) is 2.85. The average Bonchev–Trinajstić information content (AvgIpc) is 2.87. The van der Waals surface area contributed by atoms with Crippen LogP contribution in [0.5, 0.6) is 0 Å². The van der Waals surface area contributed by atoms with E-state index in [1.54, 1.807) is 12.4 Å². The third kappa shape index (κ3) is 3.79. The molecule has 1 amide bonds. The topological polar surface area (TPSA) is 57.8 Å². The van der Waals surface area contributed by atoms with E-state index in [0.717, 1.165) is 24.7 Å². The van der Waals surface area contributed by atoms with Gasteiger partial charge in [-0.15, -0.1) is 0 Å². The van der Waals surface area contributed by atoms with Crippen molar-refractivity contribution in [2.45, 2.75) is 12.8 Å². The lowest BCUT2D eigenvalue weighted by molar-refractivity contribution is 0.0953. The van der Waals surface area contributed by atoms with E-state index >= 15 is 0 Å². The Kier molecular flexibility index (Phi) is 4.52. The first-order chi connectivity index (χ1) is 9.16. The molecule has 6 heteroatoms. The second-order valence-electron chi connectivity index (χ2n) is 4.02. The Morgan fingerprint density at radius 3 is 3.00 bits per heavy atom. The first kappa shape index (κ1) is 13.5. The Morgan fingerprint density at radius 2 is 2.32 bits per heavy atom. The smallest absolute Gasteiger partial charge is 0.252 e. The van der Waals surface area contributed by atoms with Gasteiger partial charge in [-0.1, -0.05) is 11.6 Å². The molecule has 0 aliphatic carbocycles. The van der Waals surface area contributed by atoms with E-state index in [1.807, 2.05) is 0 Å². The van der Waals surface area contributed by atoms with Gasteiger partial charge in [-0.25, -0.2) is 9.37 Å². The number of imidazole rings is 1. The van der Waals surface area contributed by atoms with Gasteiger partial charge in [0.05, 0.1) is 10.6 Å². The van der Waals surface area contributed by atoms with Crippen molar-refractivity contribution in [2.75, 3.05) is 6.54 Å². The standard InChI is InChI=1S/C13H13ClFN3O/c14-11-8-9(15)3-4-10(11)13(19)18-5-1-2-12-16-6-7-17-12/h3-4,6-8H,1-2,5H2,(H,16,17)(H,18,19). The highest BCUT2D eigenvalue weighted by atomic mass is 35.5. The number of aromatic amines is 1. The molecule has 0 saturated carbocycles. The normalized spacial score (nSPS) is 10.4. The molecule has 0 atom stereocenters. The van der Waals surface area contributed by atoms with Crippen molar-refractivity contribution in [1.29, 1.82) is 0 Å². The van der Waals surface area contributed by atoms with Crippen LogP contribution in [0.15, 0.2) is 30.6 Å². The Hall–Kier alpha value is -1.88. The first-order valence-corrected chi connectivity index (χ1v) is 6.26. The van der Waals surface area contributed by atoms with Gasteiger partial charge in [-0.3, -0.25) is 4.79 Å². The third-order valence-corrected chi connectivity index (χ3v) is 2.92. The second kappa shape index (κ2) is 6.33. The highest BCUT2D eigenvalue weighted by molar-refractivity contribution is 6.33. The number of H-pyrrole nitrogens is 1. The number of hydrogen-bond donors (Lipinski definition) is 2. The summed E-state index contributed by atoms with van der Waals surface area (Å²) in [5.74, 6) is 0.123. The zero-order valence-corrected chi connectivity index (χ0v) is 10.9. The molecule has 0 radical (unpaired) electrons. The van der Waals surface area contributed by atoms with Crippen LogP contribution in [0.3, 0.4) is 0 Å². The monoisotopic (exact) mass is 281 g/mol. The SMILES string of the molecule is O=C(NCCCc1ncc[nH]1)c1ccc(F)cc1Cl. The Labute approximate surface area is 115 Å². The molecule has 0 spiro atoms. The fraction of sp³-hybridized carbons (Fsp3) is 0.231. The molecule has 1 aromatic heterocycles. The molecule has 0 bridgehead atoms. The summed E-state index contributed by atoms with van der Waals surface area (Å²) in [6.07, 6.45) is 4.96. The van der Waals surface area contributed by atoms with Crippen molar-refractivity contribution in [3.8, 4) is 0 Å². The highest BCUT2D eigenvalue weighted by Crippen LogP contribution is 2.16. The molecule has 100 valence electrons. The summed E-state index contributed by atoms with van der Waals surface area (Å²) >= 11 is 5.80. The minimum atomic E-state index is -0.459. The Bertz CT molecular complexity index is 557. The van der Waals surface area contributed by atoms with Gasteiger partial charge in [-0.2, -0.15) is 0 Å². The van der Waals surface area contributed by atoms with Gasteiger partial charge in [0.25, 0.3) is 5.91 Å². The predicted molar refractivity (Wildman–Crippen MR) is 70.7 cm³/mol. The van der Waals surface area contributed by atoms with Crippen LogP contribution in [0.25, 0.3) is 0 Å². The summed E-state index contributed by atoms with van der Waals surface area (Å²) in [5.41, 5.74) is 0.279. The minimum Gasteiger partial charge on any atom is -0.352 e. The van der Waals surface area contributed by atoms with Crippen LogP contribution in [0.1, 0.15) is 22.6 Å². The van der Waals surface area contributed by atoms with E-state index in [1.165, 1.54) is 12.1 Å². The molecule has 1 heterocycles. The molecule has 0 saturated heterocycles. The summed E-state index contributed by atoms with van der Waals surface area (Å²) < 4.78 is 12.8. The van der Waals surface area contributed by atoms with Crippen LogP contribution in [0, 0.1) is 5.82 Å². The van der Waals surface area contributed by atoms with Crippen molar-refractivity contribution in [3.05, 3.63) is 52.8 Å². The number of carbonyl (C=O) groups is 1. The molecular weight excluding hydrogens is 269 g/mol. The molecule has 4 nitrogen and oxygen atoms in total. The number of aromatic nitrogens is 2. The first-order valence-electron chi connectivity index (χ1n) is 5.88. The van der Waals surface area contributed by atoms with Gasteiger partial charge in [-0.05, 0) is 24.6 Å². The maximum absolute atomic E-state index is 12.8. The van der Waals surface area contributed by atoms with Gasteiger partial charge in [0.2, 0.25) is 0 Å². The molecule has 2 aromatic rings. The number of halogens is 2. The molecule has 2 N–H and O–H groups in total. The van der Waals surface area contributed by atoms with E-state index in [0.29, 0.717) is 6.54 Å². The third-order valence-electron chi connectivity index (χ3n) is 2.61. The fourth-order valence-corrected chi connectivity index (χ4v) is 1.91. The lowest BCUT2D eigenvalue weighted by Crippen LogP contribution is -2.25. The Morgan fingerprint density at radius 1 is 1.47 bits per heavy atom. The van der Waals surface area contributed by atoms with Gasteiger partial charge < -0.3 is 10.3 Å². The van der Waals surface area contributed by atoms with Gasteiger partial charge in [0.1, 0.15) is 11.6 Å². The molecule has 0 unspecified atom stereocenters. The average molecular weight is 282 g/mol. The van der Waals surface area contributed by atoms with Crippen molar-refractivity contribution in [2.24, 2.45) is 0 Å². The molecule has 0 aliphatic rings. The number of rotatable bonds is 5. The van der Waals surface area contributed by atoms with Crippen LogP contribution < -0.4 is 5.32 Å². The molecule has 1 aromatic carbocycles. The van der Waals surface area contributed by atoms with Crippen LogP contribution in [0.2, 0.25) is 5.02 Å². The van der Waals surface area contributed by atoms with E-state index < -0.39 is 5.82 Å². The number of benzene rings is 1. The number of nitrogens with one attached hydrogen (secondary N) is 2. The molecule has 0 fully saturated rings.